The van der Waals surface area contributed by atoms with Crippen LogP contribution in [0.15, 0.2) is 0 Å². The molecule has 3 aliphatic rings. The number of carbonyl (C=O) groups is 1. The monoisotopic (exact) mass is 300 g/mol. The van der Waals surface area contributed by atoms with E-state index in [0.717, 1.165) is 6.42 Å². The predicted molar refractivity (Wildman–Crippen MR) is 72.4 cm³/mol. The molecule has 0 aromatic carbocycles. The van der Waals surface area contributed by atoms with Crippen molar-refractivity contribution in [1.82, 2.24) is 0 Å². The molecule has 4 N–H and O–H groups in total. The number of aliphatic hydroxyl groups excluding tert-OH is 4. The topological polar surface area (TPSA) is 107 Å². The first-order valence-corrected chi connectivity index (χ1v) is 7.86. The highest BCUT2D eigenvalue weighted by Gasteiger charge is 2.48. The van der Waals surface area contributed by atoms with Crippen LogP contribution in [-0.2, 0) is 9.53 Å². The fraction of sp³-hybridized carbons (Fsp3) is 0.933. The van der Waals surface area contributed by atoms with Gasteiger partial charge in [-0.15, -0.1) is 0 Å². The molecule has 0 aromatic rings. The third kappa shape index (κ3) is 3.00. The molecule has 21 heavy (non-hydrogen) atoms. The molecule has 1 aliphatic heterocycles. The summed E-state index contributed by atoms with van der Waals surface area (Å²) in [5.41, 5.74) is 0. The average molecular weight is 300 g/mol. The summed E-state index contributed by atoms with van der Waals surface area (Å²) in [5, 5.41) is 39.1. The second kappa shape index (κ2) is 5.93. The summed E-state index contributed by atoms with van der Waals surface area (Å²) in [6.45, 7) is 0. The largest absolute Gasteiger partial charge is 0.393 e. The minimum absolute atomic E-state index is 0.00346. The van der Waals surface area contributed by atoms with Gasteiger partial charge in [-0.3, -0.25) is 4.79 Å². The highest BCUT2D eigenvalue weighted by molar-refractivity contribution is 5.83. The molecule has 120 valence electrons. The number of carbonyl (C=O) groups excluding carboxylic acids is 1. The fourth-order valence-electron chi connectivity index (χ4n) is 4.13. The molecule has 2 saturated carbocycles. The number of hydrogen-bond acceptors (Lipinski definition) is 6. The van der Waals surface area contributed by atoms with E-state index in [4.69, 9.17) is 4.74 Å². The van der Waals surface area contributed by atoms with Crippen molar-refractivity contribution >= 4 is 5.78 Å². The highest BCUT2D eigenvalue weighted by Crippen LogP contribution is 2.39. The van der Waals surface area contributed by atoms with Gasteiger partial charge < -0.3 is 25.2 Å². The Hall–Kier alpha value is -0.530. The third-order valence-corrected chi connectivity index (χ3v) is 5.30. The lowest BCUT2D eigenvalue weighted by molar-refractivity contribution is -0.184. The van der Waals surface area contributed by atoms with Crippen LogP contribution in [0.4, 0.5) is 0 Å². The Balaban J connectivity index is 1.68. The maximum Gasteiger partial charge on any atom is 0.143 e. The molecule has 0 amide bonds. The van der Waals surface area contributed by atoms with Crippen molar-refractivity contribution in [1.29, 1.82) is 0 Å². The van der Waals surface area contributed by atoms with Crippen LogP contribution >= 0.6 is 0 Å². The molecule has 0 aromatic heterocycles. The summed E-state index contributed by atoms with van der Waals surface area (Å²) in [4.78, 5) is 12.3. The second-order valence-electron chi connectivity index (χ2n) is 6.81. The lowest BCUT2D eigenvalue weighted by atomic mass is 9.73. The first-order chi connectivity index (χ1) is 9.95. The number of ketones is 1. The first kappa shape index (κ1) is 15.4. The molecule has 3 fully saturated rings. The summed E-state index contributed by atoms with van der Waals surface area (Å²) >= 11 is 0. The molecule has 3 rings (SSSR count). The normalized spacial score (nSPS) is 51.5. The van der Waals surface area contributed by atoms with E-state index >= 15 is 0 Å². The van der Waals surface area contributed by atoms with Crippen molar-refractivity contribution in [3.63, 3.8) is 0 Å². The minimum atomic E-state index is -0.828. The van der Waals surface area contributed by atoms with E-state index in [1.54, 1.807) is 0 Å². The molecular weight excluding hydrogens is 276 g/mol. The second-order valence-corrected chi connectivity index (χ2v) is 6.81. The van der Waals surface area contributed by atoms with Gasteiger partial charge in [0, 0.05) is 19.3 Å². The van der Waals surface area contributed by atoms with Crippen LogP contribution in [-0.4, -0.2) is 62.8 Å². The third-order valence-electron chi connectivity index (χ3n) is 5.30. The molecule has 6 nitrogen and oxygen atoms in total. The first-order valence-electron chi connectivity index (χ1n) is 7.86. The lowest BCUT2D eigenvalue weighted by Crippen LogP contribution is -2.54. The van der Waals surface area contributed by atoms with Crippen LogP contribution < -0.4 is 0 Å². The van der Waals surface area contributed by atoms with E-state index in [1.165, 1.54) is 0 Å². The van der Waals surface area contributed by atoms with Crippen molar-refractivity contribution < 1.29 is 30.0 Å². The van der Waals surface area contributed by atoms with Crippen LogP contribution in [0, 0.1) is 11.8 Å². The van der Waals surface area contributed by atoms with Crippen LogP contribution in [0.1, 0.15) is 38.5 Å². The molecule has 8 unspecified atom stereocenters. The van der Waals surface area contributed by atoms with E-state index in [-0.39, 0.29) is 30.6 Å². The zero-order valence-electron chi connectivity index (χ0n) is 12.0. The Morgan fingerprint density at radius 1 is 0.857 bits per heavy atom. The maximum absolute atomic E-state index is 12.3. The van der Waals surface area contributed by atoms with E-state index < -0.39 is 36.4 Å². The van der Waals surface area contributed by atoms with Gasteiger partial charge in [-0.25, -0.2) is 0 Å². The zero-order chi connectivity index (χ0) is 15.1. The Kier molecular flexibility index (Phi) is 4.34. The van der Waals surface area contributed by atoms with Crippen molar-refractivity contribution in [3.8, 4) is 0 Å². The minimum Gasteiger partial charge on any atom is -0.393 e. The number of fused-ring (bicyclic) bond motifs is 1. The van der Waals surface area contributed by atoms with Gasteiger partial charge in [-0.05, 0) is 25.2 Å². The van der Waals surface area contributed by atoms with Gasteiger partial charge in [-0.2, -0.15) is 0 Å². The molecular formula is C15H24O6. The highest BCUT2D eigenvalue weighted by atomic mass is 16.5. The fourth-order valence-corrected chi connectivity index (χ4v) is 4.13. The van der Waals surface area contributed by atoms with Gasteiger partial charge in [0.05, 0.1) is 42.5 Å². The smallest absolute Gasteiger partial charge is 0.143 e. The number of hydrogen-bond donors (Lipinski definition) is 4. The van der Waals surface area contributed by atoms with Gasteiger partial charge in [0.15, 0.2) is 0 Å². The van der Waals surface area contributed by atoms with Crippen LogP contribution in [0.2, 0.25) is 0 Å². The SMILES string of the molecule is O=C1CC(C2CCC(O)C(O)C2)OC2CC(O)CC(O)C12. The van der Waals surface area contributed by atoms with Crippen LogP contribution in [0.5, 0.6) is 0 Å². The maximum atomic E-state index is 12.3. The number of rotatable bonds is 1. The molecule has 0 spiro atoms. The van der Waals surface area contributed by atoms with E-state index in [0.29, 0.717) is 19.3 Å². The van der Waals surface area contributed by atoms with Crippen molar-refractivity contribution in [2.24, 2.45) is 11.8 Å². The molecule has 8 atom stereocenters. The number of ether oxygens (including phenoxy) is 1. The molecule has 2 aliphatic carbocycles. The summed E-state index contributed by atoms with van der Waals surface area (Å²) < 4.78 is 5.99. The predicted octanol–water partition coefficient (Wildman–Crippen LogP) is -0.633. The van der Waals surface area contributed by atoms with Gasteiger partial charge in [-0.1, -0.05) is 0 Å². The summed E-state index contributed by atoms with van der Waals surface area (Å²) in [6, 6.07) is 0. The Morgan fingerprint density at radius 3 is 2.33 bits per heavy atom. The van der Waals surface area contributed by atoms with Crippen molar-refractivity contribution in [2.75, 3.05) is 0 Å². The van der Waals surface area contributed by atoms with E-state index in [9.17, 15) is 25.2 Å². The molecule has 1 heterocycles. The van der Waals surface area contributed by atoms with Gasteiger partial charge in [0.25, 0.3) is 0 Å². The standard InChI is InChI=1S/C15H24O6/c16-8-4-11(19)15-12(20)6-13(21-14(15)5-8)7-1-2-9(17)10(18)3-7/h7-11,13-19H,1-6H2. The van der Waals surface area contributed by atoms with E-state index in [2.05, 4.69) is 0 Å². The Morgan fingerprint density at radius 2 is 1.62 bits per heavy atom. The lowest BCUT2D eigenvalue weighted by Gasteiger charge is -2.45. The Bertz CT molecular complexity index is 400. The van der Waals surface area contributed by atoms with Crippen molar-refractivity contribution in [3.05, 3.63) is 0 Å². The van der Waals surface area contributed by atoms with Gasteiger partial charge in [0.2, 0.25) is 0 Å². The molecule has 0 bridgehead atoms. The zero-order valence-corrected chi connectivity index (χ0v) is 12.0. The number of aliphatic hydroxyl groups is 4. The average Bonchev–Trinajstić information content (AvgIpc) is 2.40. The van der Waals surface area contributed by atoms with Crippen molar-refractivity contribution in [2.45, 2.75) is 75.1 Å². The number of Topliss-reactive ketones (excluding diaryl/α,β-unsaturated/α-hetero) is 1. The quantitative estimate of drug-likeness (QED) is 0.513. The summed E-state index contributed by atoms with van der Waals surface area (Å²) in [6.07, 6.45) is -1.09. The van der Waals surface area contributed by atoms with E-state index in [1.807, 2.05) is 0 Å². The molecule has 1 saturated heterocycles. The van der Waals surface area contributed by atoms with Gasteiger partial charge >= 0.3 is 0 Å². The van der Waals surface area contributed by atoms with Crippen LogP contribution in [0.25, 0.3) is 0 Å². The Labute approximate surface area is 123 Å². The summed E-state index contributed by atoms with van der Waals surface area (Å²) in [5.74, 6) is -0.482. The molecule has 6 heteroatoms. The van der Waals surface area contributed by atoms with Crippen LogP contribution in [0.3, 0.4) is 0 Å². The van der Waals surface area contributed by atoms with Gasteiger partial charge in [0.1, 0.15) is 5.78 Å². The summed E-state index contributed by atoms with van der Waals surface area (Å²) in [7, 11) is 0. The molecule has 0 radical (unpaired) electrons.